The molecule has 140 valence electrons. The van der Waals surface area contributed by atoms with E-state index in [9.17, 15) is 22.4 Å². The molecule has 3 nitrogen and oxygen atoms in total. The first-order chi connectivity index (χ1) is 12.8. The molecular weight excluding hydrogens is 362 g/mol. The second kappa shape index (κ2) is 7.26. The number of aliphatic carboxylic acids is 1. The van der Waals surface area contributed by atoms with Gasteiger partial charge in [-0.1, -0.05) is 6.07 Å². The highest BCUT2D eigenvalue weighted by molar-refractivity contribution is 5.68. The smallest absolute Gasteiger partial charge is 0.416 e. The Labute approximate surface area is 152 Å². The van der Waals surface area contributed by atoms with Gasteiger partial charge in [0.05, 0.1) is 17.7 Å². The zero-order valence-corrected chi connectivity index (χ0v) is 14.0. The molecule has 0 amide bonds. The van der Waals surface area contributed by atoms with Crippen molar-refractivity contribution in [3.63, 3.8) is 0 Å². The fraction of sp³-hybridized carbons (Fsp3) is 0.150. The Morgan fingerprint density at radius 1 is 1.00 bits per heavy atom. The lowest BCUT2D eigenvalue weighted by atomic mass is 10.1. The molecule has 0 aliphatic heterocycles. The highest BCUT2D eigenvalue weighted by atomic mass is 19.4. The highest BCUT2D eigenvalue weighted by Gasteiger charge is 2.30. The molecule has 0 bridgehead atoms. The van der Waals surface area contributed by atoms with Gasteiger partial charge in [-0.15, -0.1) is 0 Å². The van der Waals surface area contributed by atoms with E-state index in [4.69, 9.17) is 5.11 Å². The van der Waals surface area contributed by atoms with E-state index >= 15 is 0 Å². The van der Waals surface area contributed by atoms with Crippen molar-refractivity contribution >= 4 is 5.97 Å². The van der Waals surface area contributed by atoms with Gasteiger partial charge in [0.25, 0.3) is 0 Å². The summed E-state index contributed by atoms with van der Waals surface area (Å²) in [6, 6.07) is 13.7. The molecule has 0 spiro atoms. The number of benzene rings is 2. The first kappa shape index (κ1) is 18.7. The van der Waals surface area contributed by atoms with Crippen LogP contribution in [0.3, 0.4) is 0 Å². The van der Waals surface area contributed by atoms with Gasteiger partial charge in [0.2, 0.25) is 0 Å². The van der Waals surface area contributed by atoms with Crippen molar-refractivity contribution < 1.29 is 27.5 Å². The largest absolute Gasteiger partial charge is 0.481 e. The van der Waals surface area contributed by atoms with Gasteiger partial charge < -0.3 is 9.67 Å². The Bertz CT molecular complexity index is 959. The molecule has 2 aromatic carbocycles. The summed E-state index contributed by atoms with van der Waals surface area (Å²) in [5.41, 5.74) is 1.17. The van der Waals surface area contributed by atoms with E-state index in [1.165, 1.54) is 36.4 Å². The van der Waals surface area contributed by atoms with Crippen molar-refractivity contribution in [3.05, 3.63) is 77.7 Å². The average molecular weight is 377 g/mol. The van der Waals surface area contributed by atoms with Crippen molar-refractivity contribution in [2.45, 2.75) is 19.0 Å². The molecule has 3 rings (SSSR count). The lowest BCUT2D eigenvalue weighted by Gasteiger charge is -2.16. The second-order valence-corrected chi connectivity index (χ2v) is 5.99. The van der Waals surface area contributed by atoms with Crippen molar-refractivity contribution in [2.75, 3.05) is 0 Å². The maximum Gasteiger partial charge on any atom is 0.416 e. The van der Waals surface area contributed by atoms with Crippen LogP contribution in [0.1, 0.15) is 17.7 Å². The zero-order chi connectivity index (χ0) is 19.6. The minimum atomic E-state index is -4.50. The number of carboxylic acids is 1. The van der Waals surface area contributed by atoms with Crippen LogP contribution >= 0.6 is 0 Å². The number of halogens is 4. The summed E-state index contributed by atoms with van der Waals surface area (Å²) in [5, 5.41) is 8.94. The predicted octanol–water partition coefficient (Wildman–Crippen LogP) is 5.32. The highest BCUT2D eigenvalue weighted by Crippen LogP contribution is 2.33. The quantitative estimate of drug-likeness (QED) is 0.612. The third kappa shape index (κ3) is 4.19. The number of hydrogen-bond donors (Lipinski definition) is 1. The monoisotopic (exact) mass is 377 g/mol. The summed E-state index contributed by atoms with van der Waals surface area (Å²) in [6.45, 7) is 0. The molecule has 1 heterocycles. The van der Waals surface area contributed by atoms with Gasteiger partial charge in [-0.05, 0) is 66.6 Å². The number of aryl methyl sites for hydroxylation is 1. The Balaban J connectivity index is 2.14. The summed E-state index contributed by atoms with van der Waals surface area (Å²) >= 11 is 0. The van der Waals surface area contributed by atoms with E-state index in [1.54, 1.807) is 16.7 Å². The van der Waals surface area contributed by atoms with Gasteiger partial charge >= 0.3 is 12.1 Å². The van der Waals surface area contributed by atoms with Crippen LogP contribution < -0.4 is 0 Å². The van der Waals surface area contributed by atoms with Gasteiger partial charge in [0.15, 0.2) is 0 Å². The third-order valence-corrected chi connectivity index (χ3v) is 4.13. The van der Waals surface area contributed by atoms with E-state index < -0.39 is 23.5 Å². The first-order valence-electron chi connectivity index (χ1n) is 8.12. The summed E-state index contributed by atoms with van der Waals surface area (Å²) in [7, 11) is 0. The Morgan fingerprint density at radius 3 is 2.33 bits per heavy atom. The Hall–Kier alpha value is -3.09. The molecule has 7 heteroatoms. The minimum absolute atomic E-state index is 0.146. The first-order valence-corrected chi connectivity index (χ1v) is 8.12. The zero-order valence-electron chi connectivity index (χ0n) is 14.0. The molecular formula is C20H15F4NO2. The molecule has 0 radical (unpaired) electrons. The molecule has 0 atom stereocenters. The van der Waals surface area contributed by atoms with Gasteiger partial charge in [-0.2, -0.15) is 13.2 Å². The topological polar surface area (TPSA) is 42.2 Å². The number of carbonyl (C=O) groups is 1. The van der Waals surface area contributed by atoms with Crippen molar-refractivity contribution in [1.82, 2.24) is 4.57 Å². The lowest BCUT2D eigenvalue weighted by molar-refractivity contribution is -0.138. The number of aromatic nitrogens is 1. The van der Waals surface area contributed by atoms with E-state index in [0.29, 0.717) is 17.0 Å². The van der Waals surface area contributed by atoms with Crippen LogP contribution in [0.5, 0.6) is 0 Å². The molecule has 0 saturated carbocycles. The summed E-state index contributed by atoms with van der Waals surface area (Å²) in [4.78, 5) is 10.9. The van der Waals surface area contributed by atoms with Gasteiger partial charge in [0.1, 0.15) is 5.82 Å². The molecule has 27 heavy (non-hydrogen) atoms. The van der Waals surface area contributed by atoms with E-state index in [0.717, 1.165) is 12.1 Å². The average Bonchev–Trinajstić information content (AvgIpc) is 3.04. The van der Waals surface area contributed by atoms with Crippen molar-refractivity contribution in [3.8, 4) is 16.9 Å². The van der Waals surface area contributed by atoms with E-state index in [-0.39, 0.29) is 18.5 Å². The maximum atomic E-state index is 13.2. The Kier molecular flexibility index (Phi) is 5.03. The fourth-order valence-corrected chi connectivity index (χ4v) is 2.88. The maximum absolute atomic E-state index is 13.2. The standard InChI is InChI=1S/C20H15F4NO2/c21-15-6-4-13(5-7-15)18-10-8-16(9-11-19(26)27)25(18)17-3-1-2-14(12-17)20(22,23)24/h1-8,10,12H,9,11H2,(H,26,27). The van der Waals surface area contributed by atoms with Crippen molar-refractivity contribution in [1.29, 1.82) is 0 Å². The van der Waals surface area contributed by atoms with Crippen LogP contribution in [0.2, 0.25) is 0 Å². The normalized spacial score (nSPS) is 11.6. The number of nitrogens with zero attached hydrogens (tertiary/aromatic N) is 1. The van der Waals surface area contributed by atoms with Crippen LogP contribution in [0, 0.1) is 5.82 Å². The van der Waals surface area contributed by atoms with Gasteiger partial charge in [-0.25, -0.2) is 4.39 Å². The van der Waals surface area contributed by atoms with Gasteiger partial charge in [0, 0.05) is 11.4 Å². The van der Waals surface area contributed by atoms with Gasteiger partial charge in [-0.3, -0.25) is 4.79 Å². The Morgan fingerprint density at radius 2 is 1.70 bits per heavy atom. The molecule has 1 N–H and O–H groups in total. The van der Waals surface area contributed by atoms with Crippen LogP contribution in [0.4, 0.5) is 17.6 Å². The van der Waals surface area contributed by atoms with Crippen LogP contribution in [-0.2, 0) is 17.4 Å². The molecule has 0 fully saturated rings. The number of hydrogen-bond acceptors (Lipinski definition) is 1. The lowest BCUT2D eigenvalue weighted by Crippen LogP contribution is -2.09. The molecule has 3 aromatic rings. The molecule has 0 aliphatic rings. The molecule has 0 aliphatic carbocycles. The van der Waals surface area contributed by atoms with Crippen LogP contribution in [-0.4, -0.2) is 15.6 Å². The third-order valence-electron chi connectivity index (χ3n) is 4.13. The molecule has 0 saturated heterocycles. The van der Waals surface area contributed by atoms with Crippen LogP contribution in [0.25, 0.3) is 16.9 Å². The summed E-state index contributed by atoms with van der Waals surface area (Å²) < 4.78 is 54.1. The van der Waals surface area contributed by atoms with E-state index in [2.05, 4.69) is 0 Å². The second-order valence-electron chi connectivity index (χ2n) is 5.99. The van der Waals surface area contributed by atoms with E-state index in [1.807, 2.05) is 0 Å². The SMILES string of the molecule is O=C(O)CCc1ccc(-c2ccc(F)cc2)n1-c1cccc(C(F)(F)F)c1. The summed E-state index contributed by atoms with van der Waals surface area (Å²) in [6.07, 6.45) is -4.51. The predicted molar refractivity (Wildman–Crippen MR) is 92.1 cm³/mol. The molecule has 0 unspecified atom stereocenters. The summed E-state index contributed by atoms with van der Waals surface area (Å²) in [5.74, 6) is -1.43. The molecule has 1 aromatic heterocycles. The van der Waals surface area contributed by atoms with Crippen molar-refractivity contribution in [2.24, 2.45) is 0 Å². The fourth-order valence-electron chi connectivity index (χ4n) is 2.88. The minimum Gasteiger partial charge on any atom is -0.481 e. The number of rotatable bonds is 5. The van der Waals surface area contributed by atoms with Crippen LogP contribution in [0.15, 0.2) is 60.7 Å². The number of alkyl halides is 3. The number of carboxylic acid groups (broad SMARTS) is 1.